The number of thiazole rings is 2. The van der Waals surface area contributed by atoms with Crippen LogP contribution in [0.4, 0.5) is 9.59 Å². The Labute approximate surface area is 251 Å². The Morgan fingerprint density at radius 1 is 0.976 bits per heavy atom. The molecule has 0 saturated carbocycles. The van der Waals surface area contributed by atoms with Gasteiger partial charge in [0, 0.05) is 43.2 Å². The van der Waals surface area contributed by atoms with E-state index in [4.69, 9.17) is 9.47 Å². The predicted molar refractivity (Wildman–Crippen MR) is 162 cm³/mol. The molecule has 0 aliphatic carbocycles. The molecule has 41 heavy (non-hydrogen) atoms. The van der Waals surface area contributed by atoms with Crippen LogP contribution in [0, 0.1) is 5.92 Å². The predicted octanol–water partition coefficient (Wildman–Crippen LogP) is 4.89. The highest BCUT2D eigenvalue weighted by Gasteiger charge is 2.30. The van der Waals surface area contributed by atoms with Crippen LogP contribution in [0.15, 0.2) is 17.1 Å². The van der Waals surface area contributed by atoms with Crippen LogP contribution >= 0.6 is 22.7 Å². The van der Waals surface area contributed by atoms with E-state index in [1.54, 1.807) is 37.0 Å². The first-order valence-electron chi connectivity index (χ1n) is 14.0. The number of hydrogen-bond donors (Lipinski definition) is 3. The molecule has 4 atom stereocenters. The Bertz CT molecular complexity index is 1080. The fourth-order valence-electron chi connectivity index (χ4n) is 3.72. The first-order chi connectivity index (χ1) is 19.3. The molecular weight excluding hydrogens is 564 g/mol. The van der Waals surface area contributed by atoms with Crippen molar-refractivity contribution in [2.45, 2.75) is 105 Å². The van der Waals surface area contributed by atoms with E-state index in [0.717, 1.165) is 15.6 Å². The lowest BCUT2D eigenvalue weighted by Crippen LogP contribution is -2.57. The maximum absolute atomic E-state index is 13.3. The fraction of sp³-hybridized carbons (Fsp3) is 0.679. The molecule has 0 saturated heterocycles. The fourth-order valence-corrected chi connectivity index (χ4v) is 5.06. The van der Waals surface area contributed by atoms with Crippen molar-refractivity contribution in [3.05, 3.63) is 32.7 Å². The molecule has 2 aromatic heterocycles. The molecule has 2 heterocycles. The average Bonchev–Trinajstić information content (AvgIpc) is 3.60. The van der Waals surface area contributed by atoms with Gasteiger partial charge in [0.15, 0.2) is 0 Å². The van der Waals surface area contributed by atoms with Crippen LogP contribution in [-0.2, 0) is 27.4 Å². The second kappa shape index (κ2) is 17.2. The minimum atomic E-state index is -0.884. The summed E-state index contributed by atoms with van der Waals surface area (Å²) in [6.45, 7) is 14.8. The van der Waals surface area contributed by atoms with Gasteiger partial charge in [0.1, 0.15) is 12.6 Å². The van der Waals surface area contributed by atoms with Crippen molar-refractivity contribution in [1.82, 2.24) is 30.8 Å². The number of ether oxygens (including phenoxy) is 2. The van der Waals surface area contributed by atoms with Crippen molar-refractivity contribution in [2.24, 2.45) is 5.92 Å². The lowest BCUT2D eigenvalue weighted by atomic mass is 10.1. The van der Waals surface area contributed by atoms with Gasteiger partial charge in [0.05, 0.1) is 33.7 Å². The standard InChI is InChI=1S/C28H46N6O5S2/c1-17(2)13-38-21(7)24(33-27(36)34(8)12-22-15-40-26(32-22)18(3)4)25(35)30-19(5)9-10-20(6)31-28(37)39-14-23-11-29-16-41-23/h11,15-21,24H,9-10,12-14H2,1-8H3,(H,30,35)(H,31,37)(H,33,36)/t19-,20-,21?,24-/m0/s1. The summed E-state index contributed by atoms with van der Waals surface area (Å²) in [7, 11) is 1.68. The molecule has 0 fully saturated rings. The van der Waals surface area contributed by atoms with Gasteiger partial charge in [-0.2, -0.15) is 0 Å². The van der Waals surface area contributed by atoms with Gasteiger partial charge in [-0.05, 0) is 39.5 Å². The molecule has 2 aromatic rings. The Kier molecular flexibility index (Phi) is 14.5. The van der Waals surface area contributed by atoms with E-state index in [1.165, 1.54) is 16.2 Å². The maximum atomic E-state index is 13.3. The number of nitrogens with zero attached hydrogens (tertiary/aromatic N) is 3. The largest absolute Gasteiger partial charge is 0.444 e. The van der Waals surface area contributed by atoms with Gasteiger partial charge in [-0.3, -0.25) is 9.78 Å². The molecule has 0 aliphatic heterocycles. The number of urea groups is 1. The Morgan fingerprint density at radius 2 is 1.66 bits per heavy atom. The van der Waals surface area contributed by atoms with Crippen LogP contribution in [0.3, 0.4) is 0 Å². The van der Waals surface area contributed by atoms with E-state index in [-0.39, 0.29) is 36.5 Å². The van der Waals surface area contributed by atoms with Crippen LogP contribution in [0.1, 0.15) is 82.8 Å². The highest BCUT2D eigenvalue weighted by atomic mass is 32.1. The lowest BCUT2D eigenvalue weighted by Gasteiger charge is -2.29. The average molecular weight is 611 g/mol. The van der Waals surface area contributed by atoms with Gasteiger partial charge in [-0.1, -0.05) is 27.7 Å². The van der Waals surface area contributed by atoms with Crippen molar-refractivity contribution >= 4 is 40.7 Å². The second-order valence-electron chi connectivity index (χ2n) is 11.1. The zero-order valence-electron chi connectivity index (χ0n) is 25.4. The van der Waals surface area contributed by atoms with Gasteiger partial charge in [0.25, 0.3) is 0 Å². The SMILES string of the molecule is CC(C)COC(C)[C@H](NC(=O)N(C)Cc1csc(C(C)C)n1)C(=O)N[C@@H](C)CC[C@H](C)NC(=O)OCc1cncs1. The van der Waals surface area contributed by atoms with E-state index < -0.39 is 18.2 Å². The minimum absolute atomic E-state index is 0.150. The van der Waals surface area contributed by atoms with Gasteiger partial charge >= 0.3 is 12.1 Å². The number of nitrogens with one attached hydrogen (secondary N) is 3. The summed E-state index contributed by atoms with van der Waals surface area (Å²) in [5.74, 6) is 0.278. The number of alkyl carbamates (subject to hydrolysis) is 1. The Morgan fingerprint density at radius 3 is 2.24 bits per heavy atom. The highest BCUT2D eigenvalue weighted by Crippen LogP contribution is 2.20. The number of hydrogen-bond acceptors (Lipinski definition) is 9. The molecular formula is C28H46N6O5S2. The van der Waals surface area contributed by atoms with Gasteiger partial charge < -0.3 is 30.3 Å². The Hall–Kier alpha value is -2.77. The summed E-state index contributed by atoms with van der Waals surface area (Å²) in [4.78, 5) is 49.4. The van der Waals surface area contributed by atoms with Crippen molar-refractivity contribution in [2.75, 3.05) is 13.7 Å². The van der Waals surface area contributed by atoms with E-state index in [9.17, 15) is 14.4 Å². The monoisotopic (exact) mass is 610 g/mol. The molecule has 4 amide bonds. The smallest absolute Gasteiger partial charge is 0.407 e. The third-order valence-corrected chi connectivity index (χ3v) is 8.09. The minimum Gasteiger partial charge on any atom is -0.444 e. The van der Waals surface area contributed by atoms with E-state index in [1.807, 2.05) is 33.1 Å². The Balaban J connectivity index is 1.89. The summed E-state index contributed by atoms with van der Waals surface area (Å²) < 4.78 is 11.1. The second-order valence-corrected chi connectivity index (χ2v) is 13.0. The van der Waals surface area contributed by atoms with Gasteiger partial charge in [-0.25, -0.2) is 14.6 Å². The van der Waals surface area contributed by atoms with Crippen LogP contribution in [0.2, 0.25) is 0 Å². The number of carbonyl (C=O) groups is 3. The van der Waals surface area contributed by atoms with Crippen LogP contribution < -0.4 is 16.0 Å². The van der Waals surface area contributed by atoms with Crippen molar-refractivity contribution in [3.8, 4) is 0 Å². The van der Waals surface area contributed by atoms with Crippen molar-refractivity contribution < 1.29 is 23.9 Å². The highest BCUT2D eigenvalue weighted by molar-refractivity contribution is 7.09. The van der Waals surface area contributed by atoms with Crippen molar-refractivity contribution in [3.63, 3.8) is 0 Å². The molecule has 0 aliphatic rings. The number of rotatable bonds is 16. The summed E-state index contributed by atoms with van der Waals surface area (Å²) >= 11 is 3.00. The summed E-state index contributed by atoms with van der Waals surface area (Å²) in [6, 6.07) is -1.61. The number of amides is 4. The molecule has 0 aromatic carbocycles. The van der Waals surface area contributed by atoms with Crippen LogP contribution in [0.5, 0.6) is 0 Å². The zero-order valence-corrected chi connectivity index (χ0v) is 27.1. The molecule has 0 bridgehead atoms. The van der Waals surface area contributed by atoms with Crippen LogP contribution in [-0.4, -0.2) is 70.8 Å². The molecule has 1 unspecified atom stereocenters. The quantitative estimate of drug-likeness (QED) is 0.246. The number of carbonyl (C=O) groups excluding carboxylic acids is 3. The molecule has 0 spiro atoms. The lowest BCUT2D eigenvalue weighted by molar-refractivity contribution is -0.127. The first-order valence-corrected chi connectivity index (χ1v) is 15.8. The van der Waals surface area contributed by atoms with E-state index in [0.29, 0.717) is 31.9 Å². The zero-order chi connectivity index (χ0) is 30.5. The van der Waals surface area contributed by atoms with Gasteiger partial charge in [-0.15, -0.1) is 22.7 Å². The topological polar surface area (TPSA) is 135 Å². The summed E-state index contributed by atoms with van der Waals surface area (Å²) in [5.41, 5.74) is 2.50. The number of aromatic nitrogens is 2. The molecule has 3 N–H and O–H groups in total. The normalized spacial score (nSPS) is 14.3. The molecule has 0 radical (unpaired) electrons. The van der Waals surface area contributed by atoms with E-state index in [2.05, 4.69) is 39.8 Å². The summed E-state index contributed by atoms with van der Waals surface area (Å²) in [6.07, 6.45) is 1.87. The first kappa shape index (κ1) is 34.4. The third kappa shape index (κ3) is 12.7. The molecule has 13 heteroatoms. The maximum Gasteiger partial charge on any atom is 0.407 e. The van der Waals surface area contributed by atoms with Gasteiger partial charge in [0.2, 0.25) is 5.91 Å². The molecule has 230 valence electrons. The molecule has 2 rings (SSSR count). The third-order valence-electron chi connectivity index (χ3n) is 6.15. The van der Waals surface area contributed by atoms with E-state index >= 15 is 0 Å². The van der Waals surface area contributed by atoms with Crippen molar-refractivity contribution in [1.29, 1.82) is 0 Å². The summed E-state index contributed by atoms with van der Waals surface area (Å²) in [5, 5.41) is 11.6. The van der Waals surface area contributed by atoms with Crippen LogP contribution in [0.25, 0.3) is 0 Å². The molecule has 11 nitrogen and oxygen atoms in total.